The molecule has 168 valence electrons. The number of fused-ring (bicyclic) bond motifs is 2. The van der Waals surface area contributed by atoms with Crippen LogP contribution in [-0.4, -0.2) is 41.5 Å². The van der Waals surface area contributed by atoms with Crippen molar-refractivity contribution >= 4 is 33.3 Å². The van der Waals surface area contributed by atoms with E-state index in [1.807, 2.05) is 36.4 Å². The average molecular weight is 463 g/mol. The number of aromatic nitrogens is 3. The van der Waals surface area contributed by atoms with Crippen molar-refractivity contribution in [2.75, 3.05) is 26.1 Å². The van der Waals surface area contributed by atoms with Gasteiger partial charge in [0.2, 0.25) is 11.0 Å². The normalized spacial score (nSPS) is 15.1. The molecule has 2 aromatic heterocycles. The number of nitrogens with one attached hydrogen (secondary N) is 1. The second-order valence-electron chi connectivity index (χ2n) is 7.51. The first-order valence-corrected chi connectivity index (χ1v) is 11.2. The number of thiazole rings is 1. The molecule has 0 saturated heterocycles. The van der Waals surface area contributed by atoms with E-state index in [9.17, 15) is 4.79 Å². The first-order valence-electron chi connectivity index (χ1n) is 10.4. The summed E-state index contributed by atoms with van der Waals surface area (Å²) in [5, 5.41) is 8.22. The molecule has 4 aromatic rings. The quantitative estimate of drug-likeness (QED) is 0.406. The van der Waals surface area contributed by atoms with Crippen LogP contribution in [0.2, 0.25) is 0 Å². The number of anilines is 1. The van der Waals surface area contributed by atoms with Gasteiger partial charge in [0.05, 0.1) is 30.6 Å². The summed E-state index contributed by atoms with van der Waals surface area (Å²) in [6, 6.07) is 11.4. The van der Waals surface area contributed by atoms with Gasteiger partial charge >= 0.3 is 0 Å². The number of nitrogens with zero attached hydrogens (tertiary/aromatic N) is 3. The van der Waals surface area contributed by atoms with E-state index in [0.29, 0.717) is 35.5 Å². The fourth-order valence-electron chi connectivity index (χ4n) is 3.94. The number of hydrogen-bond donors (Lipinski definition) is 1. The van der Waals surface area contributed by atoms with E-state index in [2.05, 4.69) is 17.0 Å². The zero-order valence-corrected chi connectivity index (χ0v) is 19.0. The number of amides is 1. The number of benzene rings is 2. The van der Waals surface area contributed by atoms with Crippen molar-refractivity contribution in [1.29, 1.82) is 0 Å². The van der Waals surface area contributed by atoms with Crippen LogP contribution in [-0.2, 0) is 4.79 Å². The highest BCUT2D eigenvalue weighted by molar-refractivity contribution is 7.20. The van der Waals surface area contributed by atoms with Crippen LogP contribution in [0.4, 0.5) is 5.82 Å². The highest BCUT2D eigenvalue weighted by atomic mass is 32.1. The molecule has 8 nitrogen and oxygen atoms in total. The Hall–Kier alpha value is -3.85. The number of carbonyl (C=O) groups is 1. The highest BCUT2D eigenvalue weighted by Gasteiger charge is 2.31. The van der Waals surface area contributed by atoms with Crippen LogP contribution in [0.3, 0.4) is 0 Å². The minimum atomic E-state index is -0.167. The Morgan fingerprint density at radius 1 is 1.21 bits per heavy atom. The molecule has 2 aromatic carbocycles. The lowest BCUT2D eigenvalue weighted by Crippen LogP contribution is -2.24. The largest absolute Gasteiger partial charge is 0.497 e. The minimum absolute atomic E-state index is 0.0806. The van der Waals surface area contributed by atoms with Gasteiger partial charge in [-0.25, -0.2) is 4.98 Å². The van der Waals surface area contributed by atoms with Crippen LogP contribution in [0.15, 0.2) is 55.3 Å². The lowest BCUT2D eigenvalue weighted by atomic mass is 9.87. The molecule has 5 rings (SSSR count). The predicted molar refractivity (Wildman–Crippen MR) is 127 cm³/mol. The van der Waals surface area contributed by atoms with Gasteiger partial charge in [-0.2, -0.15) is 9.78 Å². The Labute approximate surface area is 194 Å². The van der Waals surface area contributed by atoms with E-state index in [-0.39, 0.29) is 11.8 Å². The summed E-state index contributed by atoms with van der Waals surface area (Å²) in [5.74, 6) is 2.38. The van der Waals surface area contributed by atoms with Crippen LogP contribution in [0.5, 0.6) is 17.2 Å². The molecule has 0 fully saturated rings. The average Bonchev–Trinajstić information content (AvgIpc) is 3.45. The van der Waals surface area contributed by atoms with Crippen LogP contribution < -0.4 is 19.5 Å². The maximum absolute atomic E-state index is 12.7. The summed E-state index contributed by atoms with van der Waals surface area (Å²) in [5.41, 5.74) is 2.72. The standard InChI is InChI=1S/C24H22N4O4S/c1-4-9-32-19-8-5-14(10-20(19)31-3)16-12-22(29)27-23-17(16)13-25-28(23)24-26-18-7-6-15(30-2)11-21(18)33-24/h4-8,10-11,13,16H,1,9,12H2,2-3H3,(H,27,29)/t16-/m0/s1. The van der Waals surface area contributed by atoms with Gasteiger partial charge in [-0.05, 0) is 35.9 Å². The van der Waals surface area contributed by atoms with Crippen molar-refractivity contribution in [3.63, 3.8) is 0 Å². The van der Waals surface area contributed by atoms with Gasteiger partial charge in [0.1, 0.15) is 18.2 Å². The maximum Gasteiger partial charge on any atom is 0.226 e. The van der Waals surface area contributed by atoms with Gasteiger partial charge in [0.25, 0.3) is 0 Å². The predicted octanol–water partition coefficient (Wildman–Crippen LogP) is 4.54. The molecule has 0 radical (unpaired) electrons. The molecular formula is C24H22N4O4S. The van der Waals surface area contributed by atoms with E-state index >= 15 is 0 Å². The molecule has 33 heavy (non-hydrogen) atoms. The lowest BCUT2D eigenvalue weighted by molar-refractivity contribution is -0.116. The fraction of sp³-hybridized carbons (Fsp3) is 0.208. The monoisotopic (exact) mass is 462 g/mol. The second kappa shape index (κ2) is 8.59. The van der Waals surface area contributed by atoms with Crippen molar-refractivity contribution in [3.8, 4) is 22.4 Å². The third kappa shape index (κ3) is 3.80. The summed E-state index contributed by atoms with van der Waals surface area (Å²) in [7, 11) is 3.23. The molecule has 1 N–H and O–H groups in total. The third-order valence-corrected chi connectivity index (χ3v) is 6.53. The van der Waals surface area contributed by atoms with Crippen molar-refractivity contribution in [2.24, 2.45) is 0 Å². The van der Waals surface area contributed by atoms with Crippen LogP contribution in [0.25, 0.3) is 15.3 Å². The molecule has 0 saturated carbocycles. The third-order valence-electron chi connectivity index (χ3n) is 5.53. The number of hydrogen-bond acceptors (Lipinski definition) is 7. The van der Waals surface area contributed by atoms with Crippen molar-refractivity contribution in [3.05, 3.63) is 66.4 Å². The van der Waals surface area contributed by atoms with Gasteiger partial charge < -0.3 is 19.5 Å². The highest BCUT2D eigenvalue weighted by Crippen LogP contribution is 2.41. The Bertz CT molecular complexity index is 1360. The SMILES string of the molecule is C=CCOc1ccc([C@@H]2CC(=O)Nc3c2cnn3-c2nc3ccc(OC)cc3s2)cc1OC. The van der Waals surface area contributed by atoms with Gasteiger partial charge in [-0.1, -0.05) is 30.1 Å². The molecule has 0 aliphatic carbocycles. The summed E-state index contributed by atoms with van der Waals surface area (Å²) in [4.78, 5) is 17.4. The van der Waals surface area contributed by atoms with E-state index in [1.54, 1.807) is 31.2 Å². The van der Waals surface area contributed by atoms with Gasteiger partial charge in [-0.3, -0.25) is 4.79 Å². The number of carbonyl (C=O) groups excluding carboxylic acids is 1. The van der Waals surface area contributed by atoms with Crippen molar-refractivity contribution < 1.29 is 19.0 Å². The van der Waals surface area contributed by atoms with E-state index in [0.717, 1.165) is 27.1 Å². The molecule has 0 unspecified atom stereocenters. The molecular weight excluding hydrogens is 440 g/mol. The lowest BCUT2D eigenvalue weighted by Gasteiger charge is -2.24. The molecule has 9 heteroatoms. The second-order valence-corrected chi connectivity index (χ2v) is 8.51. The number of ether oxygens (including phenoxy) is 3. The van der Waals surface area contributed by atoms with Crippen LogP contribution in [0, 0.1) is 0 Å². The number of rotatable bonds is 7. The van der Waals surface area contributed by atoms with Crippen molar-refractivity contribution in [1.82, 2.24) is 14.8 Å². The first-order chi connectivity index (χ1) is 16.1. The van der Waals surface area contributed by atoms with Gasteiger partial charge in [-0.15, -0.1) is 0 Å². The van der Waals surface area contributed by atoms with E-state index in [1.165, 1.54) is 11.3 Å². The molecule has 1 amide bonds. The Kier molecular flexibility index (Phi) is 5.47. The van der Waals surface area contributed by atoms with Crippen LogP contribution in [0.1, 0.15) is 23.5 Å². The Morgan fingerprint density at radius 3 is 2.88 bits per heavy atom. The minimum Gasteiger partial charge on any atom is -0.497 e. The van der Waals surface area contributed by atoms with E-state index in [4.69, 9.17) is 19.2 Å². The number of methoxy groups -OCH3 is 2. The molecule has 1 atom stereocenters. The maximum atomic E-state index is 12.7. The topological polar surface area (TPSA) is 87.5 Å². The fourth-order valence-corrected chi connectivity index (χ4v) is 4.90. The van der Waals surface area contributed by atoms with Crippen LogP contribution >= 0.6 is 11.3 Å². The zero-order valence-electron chi connectivity index (χ0n) is 18.2. The molecule has 1 aliphatic heterocycles. The Balaban J connectivity index is 1.54. The summed E-state index contributed by atoms with van der Waals surface area (Å²) in [6.07, 6.45) is 3.78. The summed E-state index contributed by atoms with van der Waals surface area (Å²) in [6.45, 7) is 4.06. The summed E-state index contributed by atoms with van der Waals surface area (Å²) >= 11 is 1.48. The Morgan fingerprint density at radius 2 is 2.09 bits per heavy atom. The molecule has 0 spiro atoms. The molecule has 1 aliphatic rings. The van der Waals surface area contributed by atoms with E-state index < -0.39 is 0 Å². The molecule has 3 heterocycles. The first kappa shape index (κ1) is 21.0. The zero-order chi connectivity index (χ0) is 22.9. The van der Waals surface area contributed by atoms with Gasteiger partial charge in [0, 0.05) is 17.9 Å². The summed E-state index contributed by atoms with van der Waals surface area (Å²) < 4.78 is 19.2. The van der Waals surface area contributed by atoms with Crippen molar-refractivity contribution in [2.45, 2.75) is 12.3 Å². The smallest absolute Gasteiger partial charge is 0.226 e. The molecule has 0 bridgehead atoms. The van der Waals surface area contributed by atoms with Gasteiger partial charge in [0.15, 0.2) is 11.5 Å².